The molecule has 0 saturated carbocycles. The molecule has 0 radical (unpaired) electrons. The van der Waals surface area contributed by atoms with Crippen LogP contribution >= 0.6 is 0 Å². The van der Waals surface area contributed by atoms with Crippen LogP contribution in [-0.4, -0.2) is 56.6 Å². The molecule has 0 atom stereocenters. The molecule has 0 aliphatic rings. The minimum Gasteiger partial charge on any atom is -0.456 e. The molecule has 0 heterocycles. The summed E-state index contributed by atoms with van der Waals surface area (Å²) in [5.74, 6) is -0.746. The molecule has 6 heteroatoms. The first kappa shape index (κ1) is 27.9. The van der Waals surface area contributed by atoms with Crippen LogP contribution in [-0.2, 0) is 4.74 Å². The predicted octanol–water partition coefficient (Wildman–Crippen LogP) is 6.26. The fraction of sp³-hybridized carbons (Fsp3) is 0.355. The van der Waals surface area contributed by atoms with Gasteiger partial charge in [-0.15, -0.1) is 0 Å². The summed E-state index contributed by atoms with van der Waals surface area (Å²) in [5, 5.41) is 3.00. The topological polar surface area (TPSA) is 61.9 Å². The van der Waals surface area contributed by atoms with Crippen molar-refractivity contribution in [1.29, 1.82) is 0 Å². The largest absolute Gasteiger partial charge is 0.456 e. The second-order valence-corrected chi connectivity index (χ2v) is 10.7. The fourth-order valence-corrected chi connectivity index (χ4v) is 4.00. The molecule has 6 nitrogen and oxygen atoms in total. The van der Waals surface area contributed by atoms with Gasteiger partial charge >= 0.3 is 5.97 Å². The van der Waals surface area contributed by atoms with Crippen molar-refractivity contribution in [3.8, 4) is 11.1 Å². The molecule has 1 N–H and O–H groups in total. The first-order valence-corrected chi connectivity index (χ1v) is 12.7. The number of anilines is 2. The maximum Gasteiger partial charge on any atom is 0.340 e. The van der Waals surface area contributed by atoms with E-state index in [0.717, 1.165) is 41.9 Å². The summed E-state index contributed by atoms with van der Waals surface area (Å²) in [6, 6.07) is 21.2. The molecular formula is C31H39N3O3. The van der Waals surface area contributed by atoms with E-state index in [1.54, 1.807) is 6.07 Å². The maximum absolute atomic E-state index is 13.5. The fourth-order valence-electron chi connectivity index (χ4n) is 4.00. The van der Waals surface area contributed by atoms with Crippen molar-refractivity contribution >= 4 is 23.3 Å². The zero-order valence-corrected chi connectivity index (χ0v) is 23.1. The van der Waals surface area contributed by atoms with E-state index in [-0.39, 0.29) is 5.91 Å². The van der Waals surface area contributed by atoms with Crippen LogP contribution in [0.1, 0.15) is 53.5 Å². The highest BCUT2D eigenvalue weighted by Crippen LogP contribution is 2.28. The third-order valence-electron chi connectivity index (χ3n) is 6.00. The Bertz CT molecular complexity index is 1230. The van der Waals surface area contributed by atoms with Gasteiger partial charge in [0.1, 0.15) is 5.60 Å². The molecule has 0 aliphatic heterocycles. The minimum absolute atomic E-state index is 0.268. The number of carbonyl (C=O) groups excluding carboxylic acids is 2. The molecular weight excluding hydrogens is 462 g/mol. The summed E-state index contributed by atoms with van der Waals surface area (Å²) in [5.41, 5.74) is 4.37. The first-order valence-electron chi connectivity index (χ1n) is 12.7. The zero-order valence-electron chi connectivity index (χ0n) is 23.1. The molecule has 0 aliphatic carbocycles. The summed E-state index contributed by atoms with van der Waals surface area (Å²) in [7, 11) is 6.16. The predicted molar refractivity (Wildman–Crippen MR) is 153 cm³/mol. The third kappa shape index (κ3) is 7.92. The smallest absolute Gasteiger partial charge is 0.340 e. The molecule has 3 rings (SSSR count). The van der Waals surface area contributed by atoms with Gasteiger partial charge in [-0.25, -0.2) is 4.79 Å². The molecule has 196 valence electrons. The Balaban J connectivity index is 1.92. The van der Waals surface area contributed by atoms with Crippen LogP contribution in [0.2, 0.25) is 0 Å². The molecule has 0 unspecified atom stereocenters. The van der Waals surface area contributed by atoms with E-state index in [0.29, 0.717) is 16.8 Å². The molecule has 0 saturated heterocycles. The Morgan fingerprint density at radius 2 is 1.54 bits per heavy atom. The number of amides is 1. The highest BCUT2D eigenvalue weighted by molar-refractivity contribution is 6.09. The van der Waals surface area contributed by atoms with Crippen LogP contribution in [0.5, 0.6) is 0 Å². The SMILES string of the molecule is Cc1ccc(N(C)CCCN(C)C)cc1C(=O)Nc1cc(-c2ccccc2)ccc1C(=O)OC(C)(C)C. The van der Waals surface area contributed by atoms with Crippen LogP contribution in [0.3, 0.4) is 0 Å². The normalized spacial score (nSPS) is 11.4. The molecule has 0 spiro atoms. The average molecular weight is 502 g/mol. The van der Waals surface area contributed by atoms with Crippen molar-refractivity contribution in [1.82, 2.24) is 4.90 Å². The van der Waals surface area contributed by atoms with Gasteiger partial charge < -0.3 is 19.9 Å². The number of ether oxygens (including phenoxy) is 1. The van der Waals surface area contributed by atoms with Crippen molar-refractivity contribution in [3.63, 3.8) is 0 Å². The molecule has 0 aromatic heterocycles. The van der Waals surface area contributed by atoms with Gasteiger partial charge in [-0.3, -0.25) is 4.79 Å². The lowest BCUT2D eigenvalue weighted by Gasteiger charge is -2.22. The van der Waals surface area contributed by atoms with Crippen LogP contribution < -0.4 is 10.2 Å². The van der Waals surface area contributed by atoms with Crippen LogP contribution in [0.15, 0.2) is 66.7 Å². The van der Waals surface area contributed by atoms with Crippen LogP contribution in [0, 0.1) is 6.92 Å². The summed E-state index contributed by atoms with van der Waals surface area (Å²) < 4.78 is 5.63. The van der Waals surface area contributed by atoms with Crippen LogP contribution in [0.25, 0.3) is 11.1 Å². The van der Waals surface area contributed by atoms with Crippen molar-refractivity contribution < 1.29 is 14.3 Å². The third-order valence-corrected chi connectivity index (χ3v) is 6.00. The highest BCUT2D eigenvalue weighted by atomic mass is 16.6. The number of nitrogens with zero attached hydrogens (tertiary/aromatic N) is 2. The van der Waals surface area contributed by atoms with E-state index >= 15 is 0 Å². The standard InChI is InChI=1S/C31H39N3O3/c1-22-14-16-25(34(7)19-11-18-33(5)6)21-27(22)29(35)32-28-20-24(23-12-9-8-10-13-23)15-17-26(28)30(36)37-31(2,3)4/h8-10,12-17,20-21H,11,18-19H2,1-7H3,(H,32,35). The average Bonchev–Trinajstić information content (AvgIpc) is 2.83. The molecule has 3 aromatic rings. The van der Waals surface area contributed by atoms with Crippen LogP contribution in [0.4, 0.5) is 11.4 Å². The van der Waals surface area contributed by atoms with Gasteiger partial charge in [0.15, 0.2) is 0 Å². The van der Waals surface area contributed by atoms with Gasteiger partial charge in [-0.2, -0.15) is 0 Å². The number of rotatable bonds is 9. The Labute approximate surface area is 221 Å². The van der Waals surface area contributed by atoms with E-state index in [1.165, 1.54) is 0 Å². The van der Waals surface area contributed by atoms with Gasteiger partial charge in [-0.05, 0) is 95.7 Å². The number of carbonyl (C=O) groups is 2. The summed E-state index contributed by atoms with van der Waals surface area (Å²) in [6.07, 6.45) is 1.02. The summed E-state index contributed by atoms with van der Waals surface area (Å²) in [4.78, 5) is 30.9. The second-order valence-electron chi connectivity index (χ2n) is 10.7. The number of esters is 1. The lowest BCUT2D eigenvalue weighted by atomic mass is 10.0. The second kappa shape index (κ2) is 12.1. The lowest BCUT2D eigenvalue weighted by molar-refractivity contribution is 0.00708. The zero-order chi connectivity index (χ0) is 27.2. The number of benzene rings is 3. The van der Waals surface area contributed by atoms with E-state index in [9.17, 15) is 9.59 Å². The number of hydrogen-bond donors (Lipinski definition) is 1. The quantitative estimate of drug-likeness (QED) is 0.351. The molecule has 3 aromatic carbocycles. The number of aryl methyl sites for hydroxylation is 1. The van der Waals surface area contributed by atoms with Crippen molar-refractivity contribution in [2.45, 2.75) is 39.7 Å². The van der Waals surface area contributed by atoms with Crippen molar-refractivity contribution in [3.05, 3.63) is 83.4 Å². The van der Waals surface area contributed by atoms with Crippen molar-refractivity contribution in [2.75, 3.05) is 44.4 Å². The van der Waals surface area contributed by atoms with E-state index in [2.05, 4.69) is 29.2 Å². The van der Waals surface area contributed by atoms with E-state index in [4.69, 9.17) is 4.74 Å². The highest BCUT2D eigenvalue weighted by Gasteiger charge is 2.22. The van der Waals surface area contributed by atoms with E-state index in [1.807, 2.05) is 95.4 Å². The summed E-state index contributed by atoms with van der Waals surface area (Å²) >= 11 is 0. The van der Waals surface area contributed by atoms with E-state index < -0.39 is 11.6 Å². The summed E-state index contributed by atoms with van der Waals surface area (Å²) in [6.45, 7) is 9.26. The monoisotopic (exact) mass is 501 g/mol. The lowest BCUT2D eigenvalue weighted by Crippen LogP contribution is -2.25. The van der Waals surface area contributed by atoms with Gasteiger partial charge in [-0.1, -0.05) is 42.5 Å². The molecule has 0 bridgehead atoms. The minimum atomic E-state index is -0.654. The van der Waals surface area contributed by atoms with Gasteiger partial charge in [0.05, 0.1) is 11.3 Å². The number of nitrogens with one attached hydrogen (secondary N) is 1. The van der Waals surface area contributed by atoms with Gasteiger partial charge in [0.2, 0.25) is 0 Å². The maximum atomic E-state index is 13.5. The van der Waals surface area contributed by atoms with Gasteiger partial charge in [0, 0.05) is 24.8 Å². The number of hydrogen-bond acceptors (Lipinski definition) is 5. The Morgan fingerprint density at radius 3 is 2.19 bits per heavy atom. The molecule has 1 amide bonds. The van der Waals surface area contributed by atoms with Crippen molar-refractivity contribution in [2.24, 2.45) is 0 Å². The molecule has 37 heavy (non-hydrogen) atoms. The Hall–Kier alpha value is -3.64. The Morgan fingerprint density at radius 1 is 0.838 bits per heavy atom. The molecule has 0 fully saturated rings. The first-order chi connectivity index (χ1) is 17.4. The van der Waals surface area contributed by atoms with Gasteiger partial charge in [0.25, 0.3) is 5.91 Å². The Kier molecular flexibility index (Phi) is 9.11.